The molecule has 5 nitrogen and oxygen atoms in total. The van der Waals surface area contributed by atoms with Gasteiger partial charge in [-0.25, -0.2) is 4.68 Å². The van der Waals surface area contributed by atoms with Gasteiger partial charge in [-0.1, -0.05) is 19.1 Å². The van der Waals surface area contributed by atoms with Crippen molar-refractivity contribution in [3.63, 3.8) is 0 Å². The van der Waals surface area contributed by atoms with Gasteiger partial charge in [-0.05, 0) is 25.3 Å². The van der Waals surface area contributed by atoms with Gasteiger partial charge in [0.15, 0.2) is 6.29 Å². The summed E-state index contributed by atoms with van der Waals surface area (Å²) in [5.74, 6) is 0.752. The molecule has 0 amide bonds. The second-order valence-electron chi connectivity index (χ2n) is 5.17. The molecule has 1 unspecified atom stereocenters. The van der Waals surface area contributed by atoms with Gasteiger partial charge in [0.25, 0.3) is 0 Å². The van der Waals surface area contributed by atoms with Crippen LogP contribution in [0.4, 0.5) is 0 Å². The normalized spacial score (nSPS) is 21.2. The zero-order valence-electron chi connectivity index (χ0n) is 10.5. The number of carbonyl (C=O) groups is 1. The van der Waals surface area contributed by atoms with Crippen LogP contribution in [0.5, 0.6) is 0 Å². The summed E-state index contributed by atoms with van der Waals surface area (Å²) >= 11 is 0. The highest BCUT2D eigenvalue weighted by Gasteiger charge is 2.24. The van der Waals surface area contributed by atoms with Gasteiger partial charge in [-0.3, -0.25) is 4.79 Å². The SMILES string of the molecule is CC(C)CCN1CCC(n2cc(C=O)nn2)C1. The molecule has 94 valence electrons. The van der Waals surface area contributed by atoms with Crippen molar-refractivity contribution in [2.24, 2.45) is 5.92 Å². The average Bonchev–Trinajstić information content (AvgIpc) is 2.94. The molecule has 1 atom stereocenters. The van der Waals surface area contributed by atoms with Crippen LogP contribution < -0.4 is 0 Å². The summed E-state index contributed by atoms with van der Waals surface area (Å²) in [4.78, 5) is 13.0. The van der Waals surface area contributed by atoms with Crippen LogP contribution in [0, 0.1) is 5.92 Å². The van der Waals surface area contributed by atoms with Crippen LogP contribution in [-0.2, 0) is 0 Å². The molecule has 1 aromatic heterocycles. The Morgan fingerprint density at radius 1 is 1.59 bits per heavy atom. The Kier molecular flexibility index (Phi) is 3.89. The number of hydrogen-bond acceptors (Lipinski definition) is 4. The Morgan fingerprint density at radius 3 is 3.06 bits per heavy atom. The first-order valence-corrected chi connectivity index (χ1v) is 6.28. The summed E-state index contributed by atoms with van der Waals surface area (Å²) in [6.07, 6.45) is 4.82. The third kappa shape index (κ3) is 3.12. The Labute approximate surface area is 102 Å². The van der Waals surface area contributed by atoms with Crippen molar-refractivity contribution in [2.45, 2.75) is 32.7 Å². The minimum Gasteiger partial charge on any atom is -0.301 e. The van der Waals surface area contributed by atoms with Gasteiger partial charge in [0.05, 0.1) is 12.2 Å². The number of likely N-dealkylation sites (tertiary alicyclic amines) is 1. The molecule has 2 rings (SSSR count). The summed E-state index contributed by atoms with van der Waals surface area (Å²) in [7, 11) is 0. The molecule has 1 fully saturated rings. The van der Waals surface area contributed by atoms with Gasteiger partial charge in [0, 0.05) is 13.1 Å². The molecular weight excluding hydrogens is 216 g/mol. The number of aldehydes is 1. The Bertz CT molecular complexity index is 374. The van der Waals surface area contributed by atoms with Crippen LogP contribution in [0.15, 0.2) is 6.20 Å². The van der Waals surface area contributed by atoms with Crippen LogP contribution in [0.2, 0.25) is 0 Å². The Balaban J connectivity index is 1.86. The van der Waals surface area contributed by atoms with Gasteiger partial charge in [0.1, 0.15) is 5.69 Å². The smallest absolute Gasteiger partial charge is 0.171 e. The van der Waals surface area contributed by atoms with E-state index < -0.39 is 0 Å². The first-order valence-electron chi connectivity index (χ1n) is 6.28. The largest absolute Gasteiger partial charge is 0.301 e. The first-order chi connectivity index (χ1) is 8.19. The minimum absolute atomic E-state index is 0.378. The number of aromatic nitrogens is 3. The summed E-state index contributed by atoms with van der Waals surface area (Å²) in [5, 5.41) is 7.81. The van der Waals surface area contributed by atoms with E-state index in [1.807, 2.05) is 4.68 Å². The van der Waals surface area contributed by atoms with Gasteiger partial charge in [-0.15, -0.1) is 5.10 Å². The zero-order chi connectivity index (χ0) is 12.3. The molecule has 1 aromatic rings. The maximum absolute atomic E-state index is 10.6. The molecule has 1 aliphatic rings. The lowest BCUT2D eigenvalue weighted by molar-refractivity contribution is 0.111. The summed E-state index contributed by atoms with van der Waals surface area (Å²) in [6, 6.07) is 0.378. The highest BCUT2D eigenvalue weighted by atomic mass is 16.1. The third-order valence-corrected chi connectivity index (χ3v) is 3.29. The molecular formula is C12H20N4O. The van der Waals surface area contributed by atoms with Crippen LogP contribution in [-0.4, -0.2) is 45.8 Å². The molecule has 2 heterocycles. The molecule has 0 aliphatic carbocycles. The first kappa shape index (κ1) is 12.2. The van der Waals surface area contributed by atoms with E-state index in [1.54, 1.807) is 6.20 Å². The van der Waals surface area contributed by atoms with E-state index >= 15 is 0 Å². The van der Waals surface area contributed by atoms with E-state index in [4.69, 9.17) is 0 Å². The van der Waals surface area contributed by atoms with E-state index in [-0.39, 0.29) is 0 Å². The van der Waals surface area contributed by atoms with Crippen molar-refractivity contribution in [1.82, 2.24) is 19.9 Å². The van der Waals surface area contributed by atoms with Crippen LogP contribution in [0.1, 0.15) is 43.2 Å². The molecule has 0 aromatic carbocycles. The zero-order valence-corrected chi connectivity index (χ0v) is 10.5. The fourth-order valence-electron chi connectivity index (χ4n) is 2.19. The average molecular weight is 236 g/mol. The Hall–Kier alpha value is -1.23. The Morgan fingerprint density at radius 2 is 2.41 bits per heavy atom. The molecule has 1 aliphatic heterocycles. The topological polar surface area (TPSA) is 51.0 Å². The van der Waals surface area contributed by atoms with Gasteiger partial charge < -0.3 is 4.90 Å². The van der Waals surface area contributed by atoms with E-state index in [9.17, 15) is 4.79 Å². The molecule has 0 bridgehead atoms. The fourth-order valence-corrected chi connectivity index (χ4v) is 2.19. The number of rotatable bonds is 5. The lowest BCUT2D eigenvalue weighted by Gasteiger charge is -2.16. The summed E-state index contributed by atoms with van der Waals surface area (Å²) < 4.78 is 1.83. The van der Waals surface area contributed by atoms with E-state index in [1.165, 1.54) is 6.42 Å². The molecule has 17 heavy (non-hydrogen) atoms. The lowest BCUT2D eigenvalue weighted by atomic mass is 10.1. The van der Waals surface area contributed by atoms with Gasteiger partial charge >= 0.3 is 0 Å². The van der Waals surface area contributed by atoms with E-state index in [2.05, 4.69) is 29.1 Å². The number of carbonyl (C=O) groups excluding carboxylic acids is 1. The lowest BCUT2D eigenvalue weighted by Crippen LogP contribution is -2.24. The third-order valence-electron chi connectivity index (χ3n) is 3.29. The van der Waals surface area contributed by atoms with Crippen LogP contribution in [0.25, 0.3) is 0 Å². The van der Waals surface area contributed by atoms with Gasteiger partial charge in [-0.2, -0.15) is 0 Å². The second kappa shape index (κ2) is 5.40. The van der Waals surface area contributed by atoms with Gasteiger partial charge in [0.2, 0.25) is 0 Å². The van der Waals surface area contributed by atoms with Crippen molar-refractivity contribution in [3.05, 3.63) is 11.9 Å². The molecule has 0 spiro atoms. The van der Waals surface area contributed by atoms with Crippen molar-refractivity contribution in [2.75, 3.05) is 19.6 Å². The standard InChI is InChI=1S/C12H20N4O/c1-10(2)3-5-15-6-4-12(8-15)16-7-11(9-17)13-14-16/h7,9-10,12H,3-6,8H2,1-2H3. The quantitative estimate of drug-likeness (QED) is 0.725. The minimum atomic E-state index is 0.378. The maximum Gasteiger partial charge on any atom is 0.171 e. The predicted molar refractivity (Wildman–Crippen MR) is 65.0 cm³/mol. The summed E-state index contributed by atoms with van der Waals surface area (Å²) in [6.45, 7) is 7.80. The van der Waals surface area contributed by atoms with E-state index in [0.29, 0.717) is 11.7 Å². The molecule has 0 saturated carbocycles. The number of hydrogen-bond donors (Lipinski definition) is 0. The highest BCUT2D eigenvalue weighted by molar-refractivity contribution is 5.70. The molecule has 5 heteroatoms. The summed E-state index contributed by atoms with van der Waals surface area (Å²) in [5.41, 5.74) is 0.422. The van der Waals surface area contributed by atoms with Crippen molar-refractivity contribution in [3.8, 4) is 0 Å². The molecule has 1 saturated heterocycles. The van der Waals surface area contributed by atoms with Crippen molar-refractivity contribution < 1.29 is 4.79 Å². The van der Waals surface area contributed by atoms with Crippen molar-refractivity contribution in [1.29, 1.82) is 0 Å². The van der Waals surface area contributed by atoms with Crippen LogP contribution in [0.3, 0.4) is 0 Å². The monoisotopic (exact) mass is 236 g/mol. The highest BCUT2D eigenvalue weighted by Crippen LogP contribution is 2.21. The van der Waals surface area contributed by atoms with Crippen molar-refractivity contribution >= 4 is 6.29 Å². The molecule has 0 N–H and O–H groups in total. The fraction of sp³-hybridized carbons (Fsp3) is 0.750. The van der Waals surface area contributed by atoms with E-state index in [0.717, 1.165) is 38.3 Å². The second-order valence-corrected chi connectivity index (χ2v) is 5.17. The molecule has 0 radical (unpaired) electrons. The van der Waals surface area contributed by atoms with Crippen LogP contribution >= 0.6 is 0 Å². The number of nitrogens with zero attached hydrogens (tertiary/aromatic N) is 4. The maximum atomic E-state index is 10.6. The predicted octanol–water partition coefficient (Wildman–Crippen LogP) is 1.38.